The molecular formula is C18H19ClO. The lowest BCUT2D eigenvalue weighted by atomic mass is 9.98. The van der Waals surface area contributed by atoms with Crippen LogP contribution in [0, 0.1) is 6.92 Å². The quantitative estimate of drug-likeness (QED) is 0.734. The van der Waals surface area contributed by atoms with Crippen LogP contribution >= 0.6 is 11.6 Å². The molecule has 1 nitrogen and oxygen atoms in total. The zero-order valence-corrected chi connectivity index (χ0v) is 12.5. The molecule has 0 radical (unpaired) electrons. The molecule has 2 aromatic rings. The number of benzene rings is 2. The highest BCUT2D eigenvalue weighted by Gasteiger charge is 2.14. The molecule has 20 heavy (non-hydrogen) atoms. The van der Waals surface area contributed by atoms with Gasteiger partial charge in [-0.05, 0) is 48.9 Å². The lowest BCUT2D eigenvalue weighted by Crippen LogP contribution is -2.09. The Labute approximate surface area is 125 Å². The summed E-state index contributed by atoms with van der Waals surface area (Å²) in [5.74, 6) is 1.03. The fourth-order valence-electron chi connectivity index (χ4n) is 2.74. The van der Waals surface area contributed by atoms with Gasteiger partial charge in [0.1, 0.15) is 5.75 Å². The van der Waals surface area contributed by atoms with E-state index in [9.17, 15) is 0 Å². The van der Waals surface area contributed by atoms with E-state index in [4.69, 9.17) is 16.3 Å². The molecule has 0 amide bonds. The Bertz CT molecular complexity index is 606. The van der Waals surface area contributed by atoms with Crippen LogP contribution in [-0.4, -0.2) is 6.61 Å². The molecule has 0 saturated carbocycles. The van der Waals surface area contributed by atoms with Gasteiger partial charge in [0.25, 0.3) is 0 Å². The van der Waals surface area contributed by atoms with E-state index in [2.05, 4.69) is 49.4 Å². The molecule has 1 heterocycles. The average Bonchev–Trinajstić information content (AvgIpc) is 2.47. The van der Waals surface area contributed by atoms with Gasteiger partial charge in [-0.2, -0.15) is 0 Å². The van der Waals surface area contributed by atoms with Gasteiger partial charge in [-0.1, -0.05) is 42.0 Å². The Hall–Kier alpha value is -1.47. The van der Waals surface area contributed by atoms with Crippen LogP contribution in [0.25, 0.3) is 0 Å². The average molecular weight is 287 g/mol. The summed E-state index contributed by atoms with van der Waals surface area (Å²) < 4.78 is 5.65. The molecule has 1 unspecified atom stereocenters. The van der Waals surface area contributed by atoms with Crippen molar-refractivity contribution in [2.75, 3.05) is 6.61 Å². The van der Waals surface area contributed by atoms with Crippen molar-refractivity contribution < 1.29 is 4.74 Å². The van der Waals surface area contributed by atoms with E-state index in [0.717, 1.165) is 31.6 Å². The molecule has 0 N–H and O–H groups in total. The van der Waals surface area contributed by atoms with Gasteiger partial charge >= 0.3 is 0 Å². The number of ether oxygens (including phenoxy) is 1. The van der Waals surface area contributed by atoms with Crippen LogP contribution in [0.15, 0.2) is 42.5 Å². The number of halogens is 1. The van der Waals surface area contributed by atoms with Gasteiger partial charge in [0.2, 0.25) is 0 Å². The number of aryl methyl sites for hydroxylation is 2. The van der Waals surface area contributed by atoms with E-state index in [1.165, 1.54) is 22.3 Å². The zero-order valence-electron chi connectivity index (χ0n) is 11.7. The first-order valence-electron chi connectivity index (χ1n) is 7.17. The predicted molar refractivity (Wildman–Crippen MR) is 83.7 cm³/mol. The van der Waals surface area contributed by atoms with E-state index in [-0.39, 0.29) is 5.38 Å². The highest BCUT2D eigenvalue weighted by molar-refractivity contribution is 6.20. The van der Waals surface area contributed by atoms with Gasteiger partial charge in [-0.3, -0.25) is 0 Å². The summed E-state index contributed by atoms with van der Waals surface area (Å²) in [5.41, 5.74) is 5.06. The minimum atomic E-state index is 0.0176. The number of fused-ring (bicyclic) bond motifs is 1. The Morgan fingerprint density at radius 2 is 2.10 bits per heavy atom. The summed E-state index contributed by atoms with van der Waals surface area (Å²) in [6, 6.07) is 14.9. The number of hydrogen-bond donors (Lipinski definition) is 0. The van der Waals surface area contributed by atoms with E-state index in [1.54, 1.807) is 0 Å². The first-order chi connectivity index (χ1) is 9.72. The Morgan fingerprint density at radius 3 is 2.95 bits per heavy atom. The molecule has 3 rings (SSSR count). The molecule has 2 aromatic carbocycles. The summed E-state index contributed by atoms with van der Waals surface area (Å²) in [6.07, 6.45) is 3.06. The van der Waals surface area contributed by atoms with Gasteiger partial charge in [-0.25, -0.2) is 0 Å². The maximum atomic E-state index is 6.59. The van der Waals surface area contributed by atoms with Crippen molar-refractivity contribution in [1.82, 2.24) is 0 Å². The van der Waals surface area contributed by atoms with Gasteiger partial charge in [0, 0.05) is 0 Å². The van der Waals surface area contributed by atoms with Crippen molar-refractivity contribution in [2.45, 2.75) is 31.6 Å². The molecule has 1 aliphatic rings. The first-order valence-corrected chi connectivity index (χ1v) is 7.61. The second-order valence-corrected chi connectivity index (χ2v) is 6.01. The second-order valence-electron chi connectivity index (χ2n) is 5.48. The number of hydrogen-bond acceptors (Lipinski definition) is 1. The van der Waals surface area contributed by atoms with Crippen LogP contribution in [0.5, 0.6) is 5.75 Å². The predicted octanol–water partition coefficient (Wildman–Crippen LogP) is 4.84. The van der Waals surface area contributed by atoms with Crippen molar-refractivity contribution in [3.8, 4) is 5.75 Å². The Kier molecular flexibility index (Phi) is 3.98. The van der Waals surface area contributed by atoms with E-state index < -0.39 is 0 Å². The Balaban J connectivity index is 1.78. The van der Waals surface area contributed by atoms with Crippen molar-refractivity contribution in [3.05, 3.63) is 64.7 Å². The molecule has 1 aliphatic heterocycles. The van der Waals surface area contributed by atoms with E-state index >= 15 is 0 Å². The first kappa shape index (κ1) is 13.5. The van der Waals surface area contributed by atoms with Gasteiger partial charge < -0.3 is 4.74 Å². The standard InChI is InChI=1S/C18H19ClO/c1-13-4-2-5-14(10-13)11-17(19)15-7-8-18-16(12-15)6-3-9-20-18/h2,4-5,7-8,10,12,17H,3,6,9,11H2,1H3. The van der Waals surface area contributed by atoms with E-state index in [1.807, 2.05) is 0 Å². The summed E-state index contributed by atoms with van der Waals surface area (Å²) >= 11 is 6.59. The van der Waals surface area contributed by atoms with Crippen LogP contribution < -0.4 is 4.74 Å². The maximum Gasteiger partial charge on any atom is 0.122 e. The van der Waals surface area contributed by atoms with E-state index in [0.29, 0.717) is 0 Å². The summed E-state index contributed by atoms with van der Waals surface area (Å²) in [5, 5.41) is 0.0176. The SMILES string of the molecule is Cc1cccc(CC(Cl)c2ccc3c(c2)CCCO3)c1. The minimum absolute atomic E-state index is 0.0176. The fraction of sp³-hybridized carbons (Fsp3) is 0.333. The van der Waals surface area contributed by atoms with Crippen LogP contribution in [-0.2, 0) is 12.8 Å². The van der Waals surface area contributed by atoms with Crippen LogP contribution in [0.1, 0.15) is 34.1 Å². The monoisotopic (exact) mass is 286 g/mol. The Morgan fingerprint density at radius 1 is 1.20 bits per heavy atom. The summed E-state index contributed by atoms with van der Waals surface area (Å²) in [6.45, 7) is 2.95. The minimum Gasteiger partial charge on any atom is -0.493 e. The highest BCUT2D eigenvalue weighted by Crippen LogP contribution is 2.31. The topological polar surface area (TPSA) is 9.23 Å². The fourth-order valence-corrected chi connectivity index (χ4v) is 3.05. The highest BCUT2D eigenvalue weighted by atomic mass is 35.5. The lowest BCUT2D eigenvalue weighted by molar-refractivity contribution is 0.288. The number of rotatable bonds is 3. The smallest absolute Gasteiger partial charge is 0.122 e. The molecule has 2 heteroatoms. The summed E-state index contributed by atoms with van der Waals surface area (Å²) in [7, 11) is 0. The van der Waals surface area contributed by atoms with Crippen molar-refractivity contribution in [1.29, 1.82) is 0 Å². The normalized spacial score (nSPS) is 15.3. The second kappa shape index (κ2) is 5.88. The third-order valence-corrected chi connectivity index (χ3v) is 4.20. The molecule has 0 spiro atoms. The zero-order chi connectivity index (χ0) is 13.9. The van der Waals surface area contributed by atoms with Crippen LogP contribution in [0.3, 0.4) is 0 Å². The van der Waals surface area contributed by atoms with Gasteiger partial charge in [-0.15, -0.1) is 11.6 Å². The van der Waals surface area contributed by atoms with Crippen molar-refractivity contribution in [3.63, 3.8) is 0 Å². The largest absolute Gasteiger partial charge is 0.493 e. The third-order valence-electron chi connectivity index (χ3n) is 3.79. The molecule has 0 aliphatic carbocycles. The molecule has 104 valence electrons. The molecule has 0 bridgehead atoms. The molecule has 0 fully saturated rings. The summed E-state index contributed by atoms with van der Waals surface area (Å²) in [4.78, 5) is 0. The van der Waals surface area contributed by atoms with Gasteiger partial charge in [0.05, 0.1) is 12.0 Å². The van der Waals surface area contributed by atoms with Crippen molar-refractivity contribution >= 4 is 11.6 Å². The number of alkyl halides is 1. The molecule has 0 aromatic heterocycles. The molecule has 0 saturated heterocycles. The van der Waals surface area contributed by atoms with Gasteiger partial charge in [0.15, 0.2) is 0 Å². The maximum absolute atomic E-state index is 6.59. The molecular weight excluding hydrogens is 268 g/mol. The third kappa shape index (κ3) is 2.99. The lowest BCUT2D eigenvalue weighted by Gasteiger charge is -2.19. The van der Waals surface area contributed by atoms with Crippen molar-refractivity contribution in [2.24, 2.45) is 0 Å². The molecule has 1 atom stereocenters. The van der Waals surface area contributed by atoms with Crippen LogP contribution in [0.4, 0.5) is 0 Å². The van der Waals surface area contributed by atoms with Crippen LogP contribution in [0.2, 0.25) is 0 Å².